The molecule has 21 heavy (non-hydrogen) atoms. The Kier molecular flexibility index (Phi) is 3.75. The van der Waals surface area contributed by atoms with Crippen LogP contribution in [0.15, 0.2) is 54.2 Å². The number of aromatic nitrogens is 2. The van der Waals surface area contributed by atoms with E-state index in [1.54, 1.807) is 24.5 Å². The maximum Gasteiger partial charge on any atom is 0.169 e. The van der Waals surface area contributed by atoms with Crippen molar-refractivity contribution in [2.75, 3.05) is 5.73 Å². The Morgan fingerprint density at radius 1 is 1.19 bits per heavy atom. The molecule has 0 aliphatic carbocycles. The number of thiazole rings is 1. The average Bonchev–Trinajstić information content (AvgIpc) is 2.97. The van der Waals surface area contributed by atoms with E-state index in [9.17, 15) is 4.79 Å². The van der Waals surface area contributed by atoms with Gasteiger partial charge in [0.05, 0.1) is 12.1 Å². The standard InChI is InChI=1S/C16H13N3OS/c17-13-3-1-2-12(8-13)14-10-21-16(19-14)9-15(20)11-4-6-18-7-5-11/h1-8,10H,9,17H2. The highest BCUT2D eigenvalue weighted by atomic mass is 32.1. The number of nitrogens with zero attached hydrogens (tertiary/aromatic N) is 2. The van der Waals surface area contributed by atoms with Crippen molar-refractivity contribution in [2.45, 2.75) is 6.42 Å². The lowest BCUT2D eigenvalue weighted by Gasteiger charge is -1.99. The van der Waals surface area contributed by atoms with E-state index in [1.165, 1.54) is 11.3 Å². The van der Waals surface area contributed by atoms with Gasteiger partial charge in [-0.25, -0.2) is 4.98 Å². The topological polar surface area (TPSA) is 68.9 Å². The summed E-state index contributed by atoms with van der Waals surface area (Å²) in [7, 11) is 0. The number of hydrogen-bond acceptors (Lipinski definition) is 5. The van der Waals surface area contributed by atoms with Gasteiger partial charge in [0.1, 0.15) is 5.01 Å². The molecule has 3 rings (SSSR count). The summed E-state index contributed by atoms with van der Waals surface area (Å²) in [5, 5.41) is 2.75. The number of pyridine rings is 1. The molecule has 0 spiro atoms. The van der Waals surface area contributed by atoms with Gasteiger partial charge in [0, 0.05) is 34.6 Å². The number of hydrogen-bond donors (Lipinski definition) is 1. The zero-order valence-corrected chi connectivity index (χ0v) is 12.0. The molecule has 0 amide bonds. The van der Waals surface area contributed by atoms with Crippen molar-refractivity contribution in [3.05, 3.63) is 64.7 Å². The third-order valence-corrected chi connectivity index (χ3v) is 3.90. The Labute approximate surface area is 126 Å². The Balaban J connectivity index is 1.78. The molecule has 0 bridgehead atoms. The van der Waals surface area contributed by atoms with Gasteiger partial charge >= 0.3 is 0 Å². The first kappa shape index (κ1) is 13.5. The predicted octanol–water partition coefficient (Wildman–Crippen LogP) is 3.21. The number of carbonyl (C=O) groups is 1. The number of carbonyl (C=O) groups excluding carboxylic acids is 1. The molecule has 0 saturated heterocycles. The average molecular weight is 295 g/mol. The van der Waals surface area contributed by atoms with Gasteiger partial charge in [0.2, 0.25) is 0 Å². The zero-order valence-electron chi connectivity index (χ0n) is 11.2. The van der Waals surface area contributed by atoms with Crippen molar-refractivity contribution in [3.63, 3.8) is 0 Å². The first-order valence-electron chi connectivity index (χ1n) is 6.46. The minimum atomic E-state index is 0.0471. The van der Waals surface area contributed by atoms with Crippen LogP contribution in [0, 0.1) is 0 Å². The smallest absolute Gasteiger partial charge is 0.169 e. The molecule has 0 aliphatic heterocycles. The summed E-state index contributed by atoms with van der Waals surface area (Å²) in [6.45, 7) is 0. The lowest BCUT2D eigenvalue weighted by Crippen LogP contribution is -2.03. The van der Waals surface area contributed by atoms with Crippen molar-refractivity contribution < 1.29 is 4.79 Å². The molecule has 2 heterocycles. The summed E-state index contributed by atoms with van der Waals surface area (Å²) in [4.78, 5) is 20.6. The van der Waals surface area contributed by atoms with Crippen LogP contribution in [0.25, 0.3) is 11.3 Å². The van der Waals surface area contributed by atoms with Crippen LogP contribution in [-0.2, 0) is 6.42 Å². The quantitative estimate of drug-likeness (QED) is 0.592. The van der Waals surface area contributed by atoms with Gasteiger partial charge in [-0.2, -0.15) is 0 Å². The normalized spacial score (nSPS) is 10.5. The molecule has 0 saturated carbocycles. The molecule has 0 aliphatic rings. The van der Waals surface area contributed by atoms with Crippen LogP contribution in [0.4, 0.5) is 5.69 Å². The van der Waals surface area contributed by atoms with E-state index in [0.29, 0.717) is 17.7 Å². The van der Waals surface area contributed by atoms with Gasteiger partial charge in [0.15, 0.2) is 5.78 Å². The number of nitrogens with two attached hydrogens (primary N) is 1. The molecule has 5 heteroatoms. The van der Waals surface area contributed by atoms with E-state index in [1.807, 2.05) is 29.6 Å². The van der Waals surface area contributed by atoms with E-state index >= 15 is 0 Å². The fourth-order valence-corrected chi connectivity index (χ4v) is 2.80. The van der Waals surface area contributed by atoms with Crippen LogP contribution < -0.4 is 5.73 Å². The predicted molar refractivity (Wildman–Crippen MR) is 84.2 cm³/mol. The van der Waals surface area contributed by atoms with Crippen LogP contribution >= 0.6 is 11.3 Å². The second-order valence-electron chi connectivity index (χ2n) is 4.59. The maximum atomic E-state index is 12.1. The van der Waals surface area contributed by atoms with Gasteiger partial charge in [-0.3, -0.25) is 9.78 Å². The number of nitrogen functional groups attached to an aromatic ring is 1. The molecule has 0 radical (unpaired) electrons. The van der Waals surface area contributed by atoms with E-state index in [4.69, 9.17) is 5.73 Å². The SMILES string of the molecule is Nc1cccc(-c2csc(CC(=O)c3ccncc3)n2)c1. The summed E-state index contributed by atoms with van der Waals surface area (Å²) in [6, 6.07) is 11.0. The van der Waals surface area contributed by atoms with Gasteiger partial charge in [-0.15, -0.1) is 11.3 Å². The fraction of sp³-hybridized carbons (Fsp3) is 0.0625. The summed E-state index contributed by atoms with van der Waals surface area (Å²) < 4.78 is 0. The molecule has 3 aromatic rings. The monoisotopic (exact) mass is 295 g/mol. The Bertz CT molecular complexity index is 768. The van der Waals surface area contributed by atoms with E-state index < -0.39 is 0 Å². The number of anilines is 1. The van der Waals surface area contributed by atoms with Gasteiger partial charge in [-0.1, -0.05) is 12.1 Å². The molecular weight excluding hydrogens is 282 g/mol. The van der Waals surface area contributed by atoms with Crippen molar-refractivity contribution in [1.82, 2.24) is 9.97 Å². The van der Waals surface area contributed by atoms with E-state index in [-0.39, 0.29) is 5.78 Å². The van der Waals surface area contributed by atoms with Crippen LogP contribution in [0.3, 0.4) is 0 Å². The maximum absolute atomic E-state index is 12.1. The Morgan fingerprint density at radius 3 is 2.76 bits per heavy atom. The molecular formula is C16H13N3OS. The fourth-order valence-electron chi connectivity index (χ4n) is 2.00. The molecule has 0 fully saturated rings. The van der Waals surface area contributed by atoms with E-state index in [0.717, 1.165) is 16.3 Å². The van der Waals surface area contributed by atoms with Gasteiger partial charge in [0.25, 0.3) is 0 Å². The highest BCUT2D eigenvalue weighted by Crippen LogP contribution is 2.24. The van der Waals surface area contributed by atoms with Gasteiger partial charge < -0.3 is 5.73 Å². The molecule has 1 aromatic carbocycles. The second-order valence-corrected chi connectivity index (χ2v) is 5.53. The highest BCUT2D eigenvalue weighted by molar-refractivity contribution is 7.10. The molecule has 2 N–H and O–H groups in total. The lowest BCUT2D eigenvalue weighted by atomic mass is 10.1. The number of Topliss-reactive ketones (excluding diaryl/α,β-unsaturated/α-hetero) is 1. The van der Waals surface area contributed by atoms with Crippen LogP contribution in [0.5, 0.6) is 0 Å². The molecule has 2 aromatic heterocycles. The minimum absolute atomic E-state index is 0.0471. The zero-order chi connectivity index (χ0) is 14.7. The van der Waals surface area contributed by atoms with Crippen molar-refractivity contribution in [1.29, 1.82) is 0 Å². The Morgan fingerprint density at radius 2 is 2.00 bits per heavy atom. The minimum Gasteiger partial charge on any atom is -0.399 e. The third kappa shape index (κ3) is 3.14. The molecule has 4 nitrogen and oxygen atoms in total. The molecule has 104 valence electrons. The summed E-state index contributed by atoms with van der Waals surface area (Å²) in [5.41, 5.74) is 8.95. The largest absolute Gasteiger partial charge is 0.399 e. The Hall–Kier alpha value is -2.53. The third-order valence-electron chi connectivity index (χ3n) is 3.05. The summed E-state index contributed by atoms with van der Waals surface area (Å²) >= 11 is 1.48. The molecule has 0 unspecified atom stereocenters. The highest BCUT2D eigenvalue weighted by Gasteiger charge is 2.11. The summed E-state index contributed by atoms with van der Waals surface area (Å²) in [6.07, 6.45) is 3.54. The number of benzene rings is 1. The summed E-state index contributed by atoms with van der Waals surface area (Å²) in [5.74, 6) is 0.0471. The van der Waals surface area contributed by atoms with Crippen molar-refractivity contribution >= 4 is 22.8 Å². The van der Waals surface area contributed by atoms with Crippen molar-refractivity contribution in [3.8, 4) is 11.3 Å². The van der Waals surface area contributed by atoms with Crippen LogP contribution in [0.1, 0.15) is 15.4 Å². The van der Waals surface area contributed by atoms with Gasteiger partial charge in [-0.05, 0) is 24.3 Å². The number of ketones is 1. The van der Waals surface area contributed by atoms with E-state index in [2.05, 4.69) is 9.97 Å². The van der Waals surface area contributed by atoms with Crippen LogP contribution in [-0.4, -0.2) is 15.8 Å². The van der Waals surface area contributed by atoms with Crippen molar-refractivity contribution in [2.24, 2.45) is 0 Å². The second kappa shape index (κ2) is 5.85. The first-order valence-corrected chi connectivity index (χ1v) is 7.34. The molecule has 0 atom stereocenters. The first-order chi connectivity index (χ1) is 10.2. The number of rotatable bonds is 4. The van der Waals surface area contributed by atoms with Crippen LogP contribution in [0.2, 0.25) is 0 Å². The lowest BCUT2D eigenvalue weighted by molar-refractivity contribution is 0.0993.